The van der Waals surface area contributed by atoms with Gasteiger partial charge < -0.3 is 5.73 Å². The first-order valence-electron chi connectivity index (χ1n) is 3.99. The number of sulfone groups is 1. The van der Waals surface area contributed by atoms with Gasteiger partial charge in [-0.15, -0.1) is 0 Å². The van der Waals surface area contributed by atoms with Crippen molar-refractivity contribution in [1.29, 1.82) is 0 Å². The molecule has 0 aromatic carbocycles. The minimum Gasteiger partial charge on any atom is -0.369 e. The van der Waals surface area contributed by atoms with Crippen LogP contribution in [-0.2, 0) is 9.84 Å². The second-order valence-corrected chi connectivity index (χ2v) is 5.56. The van der Waals surface area contributed by atoms with E-state index in [2.05, 4.69) is 10.4 Å². The Morgan fingerprint density at radius 1 is 1.62 bits per heavy atom. The Hall–Kier alpha value is -0.820. The molecule has 7 heteroatoms. The molecule has 1 aliphatic heterocycles. The Kier molecular flexibility index (Phi) is 2.77. The third-order valence-electron chi connectivity index (χ3n) is 2.26. The summed E-state index contributed by atoms with van der Waals surface area (Å²) in [6.07, 6.45) is 0.520. The van der Waals surface area contributed by atoms with Crippen LogP contribution in [0.5, 0.6) is 0 Å². The predicted molar refractivity (Wildman–Crippen MR) is 50.6 cm³/mol. The number of nitrogens with zero attached hydrogens (tertiary/aromatic N) is 1. The van der Waals surface area contributed by atoms with Gasteiger partial charge in [0.25, 0.3) is 0 Å². The van der Waals surface area contributed by atoms with Gasteiger partial charge in [0, 0.05) is 0 Å². The number of rotatable bonds is 1. The molecule has 1 saturated heterocycles. The molecule has 5 N–H and O–H groups in total. The highest BCUT2D eigenvalue weighted by Gasteiger charge is 2.36. The summed E-state index contributed by atoms with van der Waals surface area (Å²) in [7, 11) is -2.96. The molecule has 2 atom stereocenters. The summed E-state index contributed by atoms with van der Waals surface area (Å²) in [4.78, 5) is 3.95. The standard InChI is InChI=1S/C6H14N4O2S/c1-4-5(9-6(7)10-8)2-3-13(4,11)12/h4-5H,2-3,8H2,1H3,(H3,7,9,10). The van der Waals surface area contributed by atoms with Crippen molar-refractivity contribution in [2.75, 3.05) is 5.75 Å². The Bertz CT molecular complexity index is 311. The van der Waals surface area contributed by atoms with Gasteiger partial charge in [-0.3, -0.25) is 5.43 Å². The number of hydrogen-bond acceptors (Lipinski definition) is 4. The third kappa shape index (κ3) is 2.10. The topological polar surface area (TPSA) is 111 Å². The summed E-state index contributed by atoms with van der Waals surface area (Å²) in [5, 5.41) is -0.459. The van der Waals surface area contributed by atoms with Crippen LogP contribution in [0.2, 0.25) is 0 Å². The first-order chi connectivity index (χ1) is 5.97. The summed E-state index contributed by atoms with van der Waals surface area (Å²) in [6.45, 7) is 1.64. The van der Waals surface area contributed by atoms with Crippen molar-refractivity contribution in [2.24, 2.45) is 16.6 Å². The monoisotopic (exact) mass is 206 g/mol. The van der Waals surface area contributed by atoms with Crippen molar-refractivity contribution in [1.82, 2.24) is 5.43 Å². The zero-order valence-electron chi connectivity index (χ0n) is 7.40. The van der Waals surface area contributed by atoms with Crippen LogP contribution >= 0.6 is 0 Å². The number of hydrazine groups is 1. The smallest absolute Gasteiger partial charge is 0.203 e. The maximum absolute atomic E-state index is 11.3. The van der Waals surface area contributed by atoms with Gasteiger partial charge in [-0.05, 0) is 13.3 Å². The van der Waals surface area contributed by atoms with E-state index >= 15 is 0 Å². The largest absolute Gasteiger partial charge is 0.369 e. The first-order valence-corrected chi connectivity index (χ1v) is 5.70. The average molecular weight is 206 g/mol. The first kappa shape index (κ1) is 10.3. The maximum atomic E-state index is 11.3. The fourth-order valence-electron chi connectivity index (χ4n) is 1.33. The third-order valence-corrected chi connectivity index (χ3v) is 4.51. The molecular formula is C6H14N4O2S. The molecule has 13 heavy (non-hydrogen) atoms. The van der Waals surface area contributed by atoms with Gasteiger partial charge >= 0.3 is 0 Å². The van der Waals surface area contributed by atoms with Gasteiger partial charge in [0.05, 0.1) is 17.0 Å². The van der Waals surface area contributed by atoms with E-state index in [0.29, 0.717) is 6.42 Å². The van der Waals surface area contributed by atoms with Crippen LogP contribution < -0.4 is 17.0 Å². The summed E-state index contributed by atoms with van der Waals surface area (Å²) in [5.41, 5.74) is 7.50. The van der Waals surface area contributed by atoms with Gasteiger partial charge in [-0.2, -0.15) is 0 Å². The van der Waals surface area contributed by atoms with Crippen LogP contribution in [0, 0.1) is 0 Å². The molecule has 1 rings (SSSR count). The van der Waals surface area contributed by atoms with Gasteiger partial charge in [0.2, 0.25) is 5.96 Å². The SMILES string of the molecule is CC1C(N=C(N)NN)CCS1(=O)=O. The summed E-state index contributed by atoms with van der Waals surface area (Å²) in [6, 6.07) is -0.263. The second-order valence-electron chi connectivity index (χ2n) is 3.09. The predicted octanol–water partition coefficient (Wildman–Crippen LogP) is -1.66. The highest BCUT2D eigenvalue weighted by molar-refractivity contribution is 7.92. The van der Waals surface area contributed by atoms with E-state index in [1.807, 2.05) is 0 Å². The van der Waals surface area contributed by atoms with Crippen molar-refractivity contribution in [3.8, 4) is 0 Å². The molecule has 76 valence electrons. The quantitative estimate of drug-likeness (QED) is 0.206. The molecule has 1 heterocycles. The lowest BCUT2D eigenvalue weighted by Crippen LogP contribution is -2.39. The number of aliphatic imine (C=N–C) groups is 1. The molecule has 0 amide bonds. The molecule has 1 aliphatic rings. The summed E-state index contributed by atoms with van der Waals surface area (Å²) < 4.78 is 22.6. The van der Waals surface area contributed by atoms with Crippen LogP contribution in [0.3, 0.4) is 0 Å². The van der Waals surface area contributed by atoms with Crippen LogP contribution in [0.15, 0.2) is 4.99 Å². The van der Waals surface area contributed by atoms with Crippen LogP contribution in [0.4, 0.5) is 0 Å². The van der Waals surface area contributed by atoms with E-state index in [1.54, 1.807) is 6.92 Å². The molecular weight excluding hydrogens is 192 g/mol. The lowest BCUT2D eigenvalue weighted by Gasteiger charge is -2.09. The normalized spacial score (nSPS) is 33.2. The molecule has 0 aromatic rings. The molecule has 0 radical (unpaired) electrons. The molecule has 0 aromatic heterocycles. The average Bonchev–Trinajstić information content (AvgIpc) is 2.32. The van der Waals surface area contributed by atoms with Gasteiger partial charge in [0.15, 0.2) is 9.84 Å². The van der Waals surface area contributed by atoms with Gasteiger partial charge in [-0.1, -0.05) is 0 Å². The van der Waals surface area contributed by atoms with E-state index in [1.165, 1.54) is 0 Å². The second kappa shape index (κ2) is 3.51. The zero-order chi connectivity index (χ0) is 10.1. The molecule has 2 unspecified atom stereocenters. The lowest BCUT2D eigenvalue weighted by atomic mass is 10.2. The summed E-state index contributed by atoms with van der Waals surface area (Å²) in [5.74, 6) is 5.27. The van der Waals surface area contributed by atoms with E-state index in [-0.39, 0.29) is 17.8 Å². The fraction of sp³-hybridized carbons (Fsp3) is 0.833. The zero-order valence-corrected chi connectivity index (χ0v) is 8.21. The Labute approximate surface area is 77.3 Å². The van der Waals surface area contributed by atoms with Crippen LogP contribution in [0.1, 0.15) is 13.3 Å². The number of nitrogens with one attached hydrogen (secondary N) is 1. The molecule has 0 aliphatic carbocycles. The Morgan fingerprint density at radius 2 is 2.23 bits per heavy atom. The molecule has 0 saturated carbocycles. The van der Waals surface area contributed by atoms with Crippen molar-refractivity contribution in [3.05, 3.63) is 0 Å². The Balaban J connectivity index is 2.77. The minimum atomic E-state index is -2.96. The molecule has 0 spiro atoms. The van der Waals surface area contributed by atoms with E-state index in [0.717, 1.165) is 0 Å². The fourth-order valence-corrected chi connectivity index (χ4v) is 2.95. The van der Waals surface area contributed by atoms with Crippen LogP contribution in [0.25, 0.3) is 0 Å². The lowest BCUT2D eigenvalue weighted by molar-refractivity contribution is 0.586. The van der Waals surface area contributed by atoms with Crippen molar-refractivity contribution in [3.63, 3.8) is 0 Å². The Morgan fingerprint density at radius 3 is 2.62 bits per heavy atom. The summed E-state index contributed by atoms with van der Waals surface area (Å²) >= 11 is 0. The van der Waals surface area contributed by atoms with Crippen molar-refractivity contribution in [2.45, 2.75) is 24.6 Å². The number of guanidine groups is 1. The maximum Gasteiger partial charge on any atom is 0.203 e. The van der Waals surface area contributed by atoms with Crippen LogP contribution in [-0.4, -0.2) is 31.4 Å². The molecule has 6 nitrogen and oxygen atoms in total. The van der Waals surface area contributed by atoms with Crippen molar-refractivity contribution >= 4 is 15.8 Å². The number of hydrogen-bond donors (Lipinski definition) is 3. The highest BCUT2D eigenvalue weighted by atomic mass is 32.2. The molecule has 1 fully saturated rings. The van der Waals surface area contributed by atoms with E-state index in [9.17, 15) is 8.42 Å². The molecule has 0 bridgehead atoms. The van der Waals surface area contributed by atoms with Gasteiger partial charge in [0.1, 0.15) is 0 Å². The highest BCUT2D eigenvalue weighted by Crippen LogP contribution is 2.22. The van der Waals surface area contributed by atoms with E-state index < -0.39 is 15.1 Å². The van der Waals surface area contributed by atoms with E-state index in [4.69, 9.17) is 11.6 Å². The minimum absolute atomic E-state index is 0.0777. The van der Waals surface area contributed by atoms with Gasteiger partial charge in [-0.25, -0.2) is 19.3 Å². The number of nitrogens with two attached hydrogens (primary N) is 2. The van der Waals surface area contributed by atoms with Crippen molar-refractivity contribution < 1.29 is 8.42 Å².